The normalized spacial score (nSPS) is 21.9. The molecule has 0 saturated heterocycles. The number of hydrogen-bond acceptors (Lipinski definition) is 4. The van der Waals surface area contributed by atoms with Crippen LogP contribution in [0.15, 0.2) is 24.3 Å². The minimum absolute atomic E-state index is 0.123. The number of alkyl halides is 3. The van der Waals surface area contributed by atoms with E-state index >= 15 is 0 Å². The van der Waals surface area contributed by atoms with Gasteiger partial charge in [0.25, 0.3) is 0 Å². The van der Waals surface area contributed by atoms with Gasteiger partial charge in [-0.15, -0.1) is 0 Å². The van der Waals surface area contributed by atoms with E-state index in [1.807, 2.05) is 19.2 Å². The van der Waals surface area contributed by atoms with E-state index in [9.17, 15) is 32.8 Å². The van der Waals surface area contributed by atoms with Gasteiger partial charge in [0, 0.05) is 36.5 Å². The number of para-hydroxylation sites is 1. The third-order valence-electron chi connectivity index (χ3n) is 7.86. The van der Waals surface area contributed by atoms with Gasteiger partial charge in [-0.3, -0.25) is 14.4 Å². The molecule has 0 aliphatic heterocycles. The van der Waals surface area contributed by atoms with E-state index in [-0.39, 0.29) is 48.5 Å². The lowest BCUT2D eigenvalue weighted by atomic mass is 9.69. The average molecular weight is 550 g/mol. The number of rotatable bonds is 9. The Kier molecular flexibility index (Phi) is 7.68. The van der Waals surface area contributed by atoms with Crippen molar-refractivity contribution in [2.24, 2.45) is 23.2 Å². The molecule has 2 aliphatic rings. The summed E-state index contributed by atoms with van der Waals surface area (Å²) in [6.07, 6.45) is -3.47. The van der Waals surface area contributed by atoms with Crippen LogP contribution in [0.2, 0.25) is 5.02 Å². The highest BCUT2D eigenvalue weighted by Crippen LogP contribution is 2.43. The minimum Gasteiger partial charge on any atom is -0.351 e. The number of ketones is 2. The van der Waals surface area contributed by atoms with Gasteiger partial charge >= 0.3 is 6.18 Å². The molecule has 204 valence electrons. The van der Waals surface area contributed by atoms with Gasteiger partial charge in [-0.25, -0.2) is 0 Å². The summed E-state index contributed by atoms with van der Waals surface area (Å²) >= 11 is 6.18. The van der Waals surface area contributed by atoms with Crippen molar-refractivity contribution >= 4 is 40.0 Å². The van der Waals surface area contributed by atoms with Gasteiger partial charge < -0.3 is 10.3 Å². The fourth-order valence-electron chi connectivity index (χ4n) is 5.34. The standard InChI is InChI=1S/C28H31ClF3N3O3/c1-26(2)9-8-18(23(37)14-26)13-27(15-33,28(30,31)32)35-25(38)19(10-16-6-7-16)12-22(36)21-11-17-4-3-5-20(29)24(17)34-21/h3-5,11,16,18-19,34H,6-10,12-14H2,1-2H3,(H,35,38). The number of nitrogens with zero attached hydrogens (tertiary/aromatic N) is 1. The van der Waals surface area contributed by atoms with Crippen LogP contribution in [0.5, 0.6) is 0 Å². The molecule has 2 aromatic rings. The van der Waals surface area contributed by atoms with Gasteiger partial charge in [0.05, 0.1) is 16.2 Å². The lowest BCUT2D eigenvalue weighted by Crippen LogP contribution is -2.60. The Morgan fingerprint density at radius 3 is 2.55 bits per heavy atom. The number of carbonyl (C=O) groups excluding carboxylic acids is 3. The van der Waals surface area contributed by atoms with Crippen molar-refractivity contribution in [3.8, 4) is 6.07 Å². The van der Waals surface area contributed by atoms with E-state index in [1.54, 1.807) is 24.3 Å². The molecule has 3 atom stereocenters. The van der Waals surface area contributed by atoms with E-state index in [0.29, 0.717) is 22.3 Å². The van der Waals surface area contributed by atoms with Crippen LogP contribution in [0.25, 0.3) is 10.9 Å². The fourth-order valence-corrected chi connectivity index (χ4v) is 5.57. The maximum atomic E-state index is 14.4. The summed E-state index contributed by atoms with van der Waals surface area (Å²) in [5, 5.41) is 12.8. The lowest BCUT2D eigenvalue weighted by molar-refractivity contribution is -0.188. The number of Topliss-reactive ketones (excluding diaryl/α,β-unsaturated/α-hetero) is 2. The van der Waals surface area contributed by atoms with Crippen molar-refractivity contribution < 1.29 is 27.6 Å². The first-order valence-electron chi connectivity index (χ1n) is 12.9. The van der Waals surface area contributed by atoms with Crippen LogP contribution in [-0.4, -0.2) is 34.2 Å². The Hall–Kier alpha value is -2.86. The van der Waals surface area contributed by atoms with E-state index in [1.165, 1.54) is 6.07 Å². The van der Waals surface area contributed by atoms with E-state index in [4.69, 9.17) is 11.6 Å². The summed E-state index contributed by atoms with van der Waals surface area (Å²) in [6, 6.07) is 8.05. The molecule has 4 rings (SSSR count). The number of benzene rings is 1. The van der Waals surface area contributed by atoms with Crippen LogP contribution in [0.1, 0.15) is 75.7 Å². The van der Waals surface area contributed by atoms with Gasteiger partial charge in [0.15, 0.2) is 5.78 Å². The molecule has 1 aromatic heterocycles. The molecular formula is C28H31ClF3N3O3. The van der Waals surface area contributed by atoms with Crippen molar-refractivity contribution in [3.63, 3.8) is 0 Å². The summed E-state index contributed by atoms with van der Waals surface area (Å²) in [6.45, 7) is 3.76. The number of aromatic nitrogens is 1. The van der Waals surface area contributed by atoms with Gasteiger partial charge in [0.1, 0.15) is 11.9 Å². The Labute approximate surface area is 224 Å². The molecular weight excluding hydrogens is 519 g/mol. The second kappa shape index (κ2) is 10.4. The van der Waals surface area contributed by atoms with Crippen molar-refractivity contribution in [1.82, 2.24) is 10.3 Å². The van der Waals surface area contributed by atoms with Crippen molar-refractivity contribution in [1.29, 1.82) is 5.26 Å². The van der Waals surface area contributed by atoms with Crippen LogP contribution in [0, 0.1) is 34.5 Å². The zero-order valence-electron chi connectivity index (χ0n) is 21.4. The summed E-state index contributed by atoms with van der Waals surface area (Å²) in [5.41, 5.74) is -2.76. The van der Waals surface area contributed by atoms with Crippen molar-refractivity contribution in [2.45, 2.75) is 76.9 Å². The zero-order chi connectivity index (χ0) is 27.9. The molecule has 1 aromatic carbocycles. The molecule has 1 amide bonds. The Balaban J connectivity index is 1.55. The van der Waals surface area contributed by atoms with Crippen LogP contribution in [0.3, 0.4) is 0 Å². The first-order valence-corrected chi connectivity index (χ1v) is 13.2. The molecule has 2 aliphatic carbocycles. The number of hydrogen-bond donors (Lipinski definition) is 2. The first-order chi connectivity index (χ1) is 17.7. The SMILES string of the molecule is CC1(C)CCC(CC(C#N)(NC(=O)C(CC(=O)c2cc3cccc(Cl)c3[nH]2)CC2CC2)C(F)(F)F)C(=O)C1. The molecule has 0 radical (unpaired) electrons. The highest BCUT2D eigenvalue weighted by atomic mass is 35.5. The van der Waals surface area contributed by atoms with Crippen LogP contribution in [-0.2, 0) is 9.59 Å². The fraction of sp³-hybridized carbons (Fsp3) is 0.571. The van der Waals surface area contributed by atoms with Crippen LogP contribution in [0.4, 0.5) is 13.2 Å². The number of nitrogens with one attached hydrogen (secondary N) is 2. The Bertz CT molecular complexity index is 1290. The number of aromatic amines is 1. The first kappa shape index (κ1) is 28.2. The Morgan fingerprint density at radius 1 is 1.26 bits per heavy atom. The zero-order valence-corrected chi connectivity index (χ0v) is 22.1. The van der Waals surface area contributed by atoms with Gasteiger partial charge in [0.2, 0.25) is 11.4 Å². The van der Waals surface area contributed by atoms with Gasteiger partial charge in [-0.05, 0) is 42.7 Å². The smallest absolute Gasteiger partial charge is 0.351 e. The quantitative estimate of drug-likeness (QED) is 0.347. The number of nitriles is 1. The summed E-state index contributed by atoms with van der Waals surface area (Å²) < 4.78 is 43.1. The Morgan fingerprint density at radius 2 is 1.97 bits per heavy atom. The monoisotopic (exact) mass is 549 g/mol. The third kappa shape index (κ3) is 6.06. The molecule has 1 heterocycles. The predicted octanol–water partition coefficient (Wildman–Crippen LogP) is 6.54. The molecule has 6 nitrogen and oxygen atoms in total. The second-order valence-corrected chi connectivity index (χ2v) is 12.0. The van der Waals surface area contributed by atoms with Crippen LogP contribution >= 0.6 is 11.6 Å². The predicted molar refractivity (Wildman–Crippen MR) is 136 cm³/mol. The van der Waals surface area contributed by atoms with E-state index in [0.717, 1.165) is 12.8 Å². The molecule has 2 saturated carbocycles. The maximum absolute atomic E-state index is 14.4. The lowest BCUT2D eigenvalue weighted by Gasteiger charge is -2.38. The summed E-state index contributed by atoms with van der Waals surface area (Å²) in [7, 11) is 0. The molecule has 2 N–H and O–H groups in total. The third-order valence-corrected chi connectivity index (χ3v) is 8.18. The number of halogens is 4. The molecule has 3 unspecified atom stereocenters. The maximum Gasteiger partial charge on any atom is 0.425 e. The number of amides is 1. The van der Waals surface area contributed by atoms with Gasteiger partial charge in [-0.2, -0.15) is 18.4 Å². The van der Waals surface area contributed by atoms with E-state index < -0.39 is 41.7 Å². The number of carbonyl (C=O) groups is 3. The molecule has 10 heteroatoms. The highest BCUT2D eigenvalue weighted by Gasteiger charge is 2.59. The summed E-state index contributed by atoms with van der Waals surface area (Å²) in [5.74, 6) is -3.65. The van der Waals surface area contributed by atoms with Gasteiger partial charge in [-0.1, -0.05) is 50.4 Å². The largest absolute Gasteiger partial charge is 0.425 e. The van der Waals surface area contributed by atoms with Crippen LogP contribution < -0.4 is 5.32 Å². The highest BCUT2D eigenvalue weighted by molar-refractivity contribution is 6.35. The van der Waals surface area contributed by atoms with E-state index in [2.05, 4.69) is 4.98 Å². The number of H-pyrrole nitrogens is 1. The summed E-state index contributed by atoms with van der Waals surface area (Å²) in [4.78, 5) is 42.0. The average Bonchev–Trinajstić information content (AvgIpc) is 3.53. The second-order valence-electron chi connectivity index (χ2n) is 11.6. The molecule has 0 bridgehead atoms. The topological polar surface area (TPSA) is 103 Å². The molecule has 2 fully saturated rings. The minimum atomic E-state index is -5.10. The molecule has 0 spiro atoms. The number of fused-ring (bicyclic) bond motifs is 1. The molecule has 38 heavy (non-hydrogen) atoms. The van der Waals surface area contributed by atoms with Crippen molar-refractivity contribution in [3.05, 3.63) is 35.0 Å². The van der Waals surface area contributed by atoms with Crippen molar-refractivity contribution in [2.75, 3.05) is 0 Å².